The second-order valence-corrected chi connectivity index (χ2v) is 17.9. The van der Waals surface area contributed by atoms with Crippen molar-refractivity contribution in [1.82, 2.24) is 19.7 Å². The Balaban J connectivity index is 1.35. The van der Waals surface area contributed by atoms with Crippen LogP contribution in [0.3, 0.4) is 0 Å². The predicted octanol–water partition coefficient (Wildman–Crippen LogP) is 11.8. The molecule has 1 saturated carbocycles. The van der Waals surface area contributed by atoms with E-state index in [9.17, 15) is 4.79 Å². The lowest BCUT2D eigenvalue weighted by Crippen LogP contribution is -2.38. The van der Waals surface area contributed by atoms with E-state index in [1.54, 1.807) is 19.2 Å². The van der Waals surface area contributed by atoms with Gasteiger partial charge in [-0.1, -0.05) is 103 Å². The number of rotatable bonds is 15. The first-order valence-electron chi connectivity index (χ1n) is 22.3. The summed E-state index contributed by atoms with van der Waals surface area (Å²) in [6.45, 7) is 9.87. The van der Waals surface area contributed by atoms with Crippen LogP contribution in [0.5, 0.6) is 17.6 Å². The van der Waals surface area contributed by atoms with Crippen LogP contribution < -0.4 is 14.2 Å². The minimum absolute atomic E-state index is 0.0790. The number of methoxy groups -OCH3 is 2. The molecule has 2 heterocycles. The average molecular weight is 885 g/mol. The van der Waals surface area contributed by atoms with E-state index in [0.717, 1.165) is 46.0 Å². The van der Waals surface area contributed by atoms with Gasteiger partial charge in [-0.25, -0.2) is 9.18 Å². The van der Waals surface area contributed by atoms with Crippen molar-refractivity contribution in [3.8, 4) is 28.8 Å². The normalized spacial score (nSPS) is 13.5. The van der Waals surface area contributed by atoms with Crippen LogP contribution in [0, 0.1) is 12.7 Å². The maximum Gasteiger partial charge on any atom is 0.337 e. The van der Waals surface area contributed by atoms with E-state index in [0.29, 0.717) is 50.3 Å². The van der Waals surface area contributed by atoms with Crippen LogP contribution in [-0.4, -0.2) is 58.2 Å². The van der Waals surface area contributed by atoms with Gasteiger partial charge >= 0.3 is 12.0 Å². The number of nitrogens with zero attached hydrogens (tertiary/aromatic N) is 4. The summed E-state index contributed by atoms with van der Waals surface area (Å²) in [6, 6.07) is 41.6. The number of fused-ring (bicyclic) bond motifs is 2. The molecule has 0 radical (unpaired) electrons. The van der Waals surface area contributed by atoms with Gasteiger partial charge in [0, 0.05) is 35.9 Å². The number of hydrogen-bond acceptors (Lipinski definition) is 9. The average Bonchev–Trinajstić information content (AvgIpc) is 4.10. The minimum Gasteiger partial charge on any atom is -0.486 e. The van der Waals surface area contributed by atoms with Crippen molar-refractivity contribution in [3.05, 3.63) is 178 Å². The molecule has 0 bridgehead atoms. The van der Waals surface area contributed by atoms with Crippen molar-refractivity contribution in [2.45, 2.75) is 77.2 Å². The molecule has 0 aliphatic heterocycles. The van der Waals surface area contributed by atoms with Crippen LogP contribution >= 0.6 is 0 Å². The summed E-state index contributed by atoms with van der Waals surface area (Å²) in [5.41, 5.74) is 6.23. The first-order chi connectivity index (χ1) is 31.9. The zero-order chi connectivity index (χ0) is 46.2. The number of ether oxygens (including phenoxy) is 5. The predicted molar refractivity (Wildman–Crippen MR) is 254 cm³/mol. The summed E-state index contributed by atoms with van der Waals surface area (Å²) in [4.78, 5) is 22.3. The van der Waals surface area contributed by atoms with Gasteiger partial charge in [0.15, 0.2) is 5.75 Å². The van der Waals surface area contributed by atoms with Gasteiger partial charge < -0.3 is 23.7 Å². The number of carbonyl (C=O) groups excluding carboxylic acids is 1. The minimum atomic E-state index is -0.957. The summed E-state index contributed by atoms with van der Waals surface area (Å²) >= 11 is 0. The Morgan fingerprint density at radius 2 is 1.39 bits per heavy atom. The Morgan fingerprint density at radius 3 is 1.94 bits per heavy atom. The summed E-state index contributed by atoms with van der Waals surface area (Å²) in [6.07, 6.45) is 3.65. The lowest BCUT2D eigenvalue weighted by atomic mass is 9.77. The highest BCUT2D eigenvalue weighted by atomic mass is 19.1. The van der Waals surface area contributed by atoms with Crippen molar-refractivity contribution in [2.24, 2.45) is 0 Å². The highest BCUT2D eigenvalue weighted by Gasteiger charge is 2.41. The first kappa shape index (κ1) is 44.1. The van der Waals surface area contributed by atoms with E-state index < -0.39 is 22.9 Å². The molecule has 66 heavy (non-hydrogen) atoms. The van der Waals surface area contributed by atoms with Crippen molar-refractivity contribution in [2.75, 3.05) is 20.8 Å². The van der Waals surface area contributed by atoms with Crippen LogP contribution in [0.25, 0.3) is 32.9 Å². The fourth-order valence-electron chi connectivity index (χ4n) is 8.69. The van der Waals surface area contributed by atoms with Gasteiger partial charge in [-0.05, 0) is 105 Å². The molecule has 1 aliphatic carbocycles. The third-order valence-electron chi connectivity index (χ3n) is 12.1. The van der Waals surface area contributed by atoms with E-state index in [2.05, 4.69) is 48.7 Å². The summed E-state index contributed by atoms with van der Waals surface area (Å²) in [7, 11) is 2.97. The molecule has 10 nitrogen and oxygen atoms in total. The molecule has 1 atom stereocenters. The van der Waals surface area contributed by atoms with Crippen LogP contribution in [0.2, 0.25) is 0 Å². The Morgan fingerprint density at radius 1 is 0.788 bits per heavy atom. The summed E-state index contributed by atoms with van der Waals surface area (Å²) in [5, 5.41) is 6.72. The number of hydrogen-bond donors (Lipinski definition) is 0. The Kier molecular flexibility index (Phi) is 12.1. The highest BCUT2D eigenvalue weighted by Crippen LogP contribution is 2.54. The lowest BCUT2D eigenvalue weighted by Gasteiger charge is -2.36. The van der Waals surface area contributed by atoms with Gasteiger partial charge in [0.05, 0.1) is 29.7 Å². The fourth-order valence-corrected chi connectivity index (χ4v) is 8.69. The molecular weight excluding hydrogens is 832 g/mol. The zero-order valence-electron chi connectivity index (χ0n) is 38.3. The standard InChI is InChI=1S/C55H53FN4O6/c1-34(62-6)32-65-53-57-49-43(51(58-53)66-54(3,4)5)29-42(37-27-28-37)48(50(49)64-33-36-23-25-38(26-24-36)52(61)63-7)47-35(2)45(56)30-46-44(47)31-60(59-46)55(39-17-11-8-12-18-39,40-19-13-9-14-20-40)41-21-15-10-16-22-41/h8-26,29-31,34,37H,27-28,32-33H2,1-7H3/t34-/m0/s1. The molecule has 0 spiro atoms. The zero-order valence-corrected chi connectivity index (χ0v) is 38.3. The third-order valence-corrected chi connectivity index (χ3v) is 12.1. The molecule has 0 amide bonds. The smallest absolute Gasteiger partial charge is 0.337 e. The van der Waals surface area contributed by atoms with Crippen LogP contribution in [0.4, 0.5) is 4.39 Å². The second-order valence-electron chi connectivity index (χ2n) is 17.9. The molecule has 0 unspecified atom stereocenters. The largest absolute Gasteiger partial charge is 0.486 e. The highest BCUT2D eigenvalue weighted by molar-refractivity contribution is 6.05. The van der Waals surface area contributed by atoms with E-state index in [-0.39, 0.29) is 31.2 Å². The molecule has 11 heteroatoms. The van der Waals surface area contributed by atoms with Gasteiger partial charge in [-0.3, -0.25) is 4.68 Å². The lowest BCUT2D eigenvalue weighted by molar-refractivity contribution is 0.0600. The van der Waals surface area contributed by atoms with Crippen molar-refractivity contribution >= 4 is 27.8 Å². The van der Waals surface area contributed by atoms with E-state index in [1.807, 2.05) is 106 Å². The van der Waals surface area contributed by atoms with Crippen molar-refractivity contribution in [3.63, 3.8) is 0 Å². The van der Waals surface area contributed by atoms with Gasteiger partial charge in [-0.2, -0.15) is 15.1 Å². The molecule has 0 N–H and O–H groups in total. The molecule has 1 fully saturated rings. The Labute approximate surface area is 384 Å². The molecule has 6 aromatic carbocycles. The molecule has 9 rings (SSSR count). The number of halogens is 1. The topological polar surface area (TPSA) is 107 Å². The SMILES string of the molecule is COC(=O)c1ccc(COc2c(-c3c(C)c(F)cc4nn(C(c5ccccc5)(c5ccccc5)c5ccccc5)cc34)c(C3CC3)cc3c(OC(C)(C)C)nc(OC[C@H](C)OC)nc23)cc1. The van der Waals surface area contributed by atoms with Crippen LogP contribution in [-0.2, 0) is 21.6 Å². The van der Waals surface area contributed by atoms with Crippen LogP contribution in [0.15, 0.2) is 134 Å². The van der Waals surface area contributed by atoms with Gasteiger partial charge in [0.25, 0.3) is 0 Å². The van der Waals surface area contributed by atoms with Crippen molar-refractivity contribution < 1.29 is 32.9 Å². The van der Waals surface area contributed by atoms with Gasteiger partial charge in [0.1, 0.15) is 35.7 Å². The third kappa shape index (κ3) is 8.47. The monoisotopic (exact) mass is 884 g/mol. The van der Waals surface area contributed by atoms with Gasteiger partial charge in [-0.15, -0.1) is 0 Å². The Hall–Kier alpha value is -7.11. The second kappa shape index (κ2) is 18.0. The number of aromatic nitrogens is 4. The molecule has 1 aliphatic rings. The molecular formula is C55H53FN4O6. The quantitative estimate of drug-likeness (QED) is 0.0734. The maximum atomic E-state index is 17.0. The van der Waals surface area contributed by atoms with Crippen LogP contribution in [0.1, 0.15) is 90.2 Å². The molecule has 336 valence electrons. The number of carbonyl (C=O) groups is 1. The number of benzene rings is 6. The number of esters is 1. The Bertz CT molecular complexity index is 2920. The van der Waals surface area contributed by atoms with Crippen molar-refractivity contribution in [1.29, 1.82) is 0 Å². The van der Waals surface area contributed by atoms with E-state index in [4.69, 9.17) is 38.8 Å². The summed E-state index contributed by atoms with van der Waals surface area (Å²) < 4.78 is 49.3. The van der Waals surface area contributed by atoms with Gasteiger partial charge in [0.2, 0.25) is 5.88 Å². The van der Waals surface area contributed by atoms with E-state index >= 15 is 4.39 Å². The van der Waals surface area contributed by atoms with E-state index in [1.165, 1.54) is 13.2 Å². The molecule has 0 saturated heterocycles. The molecule has 8 aromatic rings. The maximum absolute atomic E-state index is 17.0. The molecule has 2 aromatic heterocycles. The fraction of sp³-hybridized carbons (Fsp3) is 0.273. The summed E-state index contributed by atoms with van der Waals surface area (Å²) in [5.74, 6) is 0.0434. The first-order valence-corrected chi connectivity index (χ1v) is 22.3.